The Morgan fingerprint density at radius 1 is 1.35 bits per heavy atom. The van der Waals surface area contributed by atoms with Gasteiger partial charge in [0.05, 0.1) is 33.7 Å². The van der Waals surface area contributed by atoms with E-state index in [4.69, 9.17) is 23.2 Å². The van der Waals surface area contributed by atoms with E-state index in [0.717, 1.165) is 6.42 Å². The number of pyridine rings is 1. The number of rotatable bonds is 6. The van der Waals surface area contributed by atoms with Crippen LogP contribution in [-0.4, -0.2) is 44.0 Å². The molecule has 0 saturated carbocycles. The summed E-state index contributed by atoms with van der Waals surface area (Å²) in [5.41, 5.74) is 1.85. The van der Waals surface area contributed by atoms with Crippen molar-refractivity contribution in [3.63, 3.8) is 0 Å². The Morgan fingerprint density at radius 3 is 2.81 bits per heavy atom. The summed E-state index contributed by atoms with van der Waals surface area (Å²) < 4.78 is 0. The molecule has 0 aliphatic rings. The van der Waals surface area contributed by atoms with Gasteiger partial charge in [-0.3, -0.25) is 9.78 Å². The van der Waals surface area contributed by atoms with Crippen LogP contribution in [-0.2, 0) is 0 Å². The van der Waals surface area contributed by atoms with Crippen molar-refractivity contribution in [2.24, 2.45) is 0 Å². The lowest BCUT2D eigenvalue weighted by Gasteiger charge is -2.24. The average molecular weight is 393 g/mol. The molecule has 0 bridgehead atoms. The van der Waals surface area contributed by atoms with Crippen molar-refractivity contribution >= 4 is 40.1 Å². The van der Waals surface area contributed by atoms with Crippen molar-refractivity contribution in [1.82, 2.24) is 19.9 Å². The largest absolute Gasteiger partial charge is 0.386 e. The quantitative estimate of drug-likeness (QED) is 0.667. The number of fused-ring (bicyclic) bond motifs is 1. The second-order valence-corrected chi connectivity index (χ2v) is 6.74. The Bertz CT molecular complexity index is 875. The third-order valence-corrected chi connectivity index (χ3v) is 4.69. The van der Waals surface area contributed by atoms with Crippen LogP contribution in [0.3, 0.4) is 0 Å². The molecular weight excluding hydrogens is 375 g/mol. The summed E-state index contributed by atoms with van der Waals surface area (Å²) in [6.45, 7) is 2.61. The molecule has 0 spiro atoms. The number of nitrogens with zero attached hydrogens (tertiary/aromatic N) is 3. The Morgan fingerprint density at radius 2 is 2.12 bits per heavy atom. The zero-order chi connectivity index (χ0) is 18.7. The Kier molecular flexibility index (Phi) is 5.76. The van der Waals surface area contributed by atoms with E-state index in [1.165, 1.54) is 0 Å². The Balaban J connectivity index is 1.84. The number of aliphatic hydroxyl groups excluding tert-OH is 1. The minimum Gasteiger partial charge on any atom is -0.386 e. The van der Waals surface area contributed by atoms with Crippen molar-refractivity contribution in [1.29, 1.82) is 0 Å². The van der Waals surface area contributed by atoms with Gasteiger partial charge in [-0.1, -0.05) is 36.2 Å². The first-order valence-electron chi connectivity index (χ1n) is 8.21. The van der Waals surface area contributed by atoms with Crippen molar-refractivity contribution in [3.8, 4) is 0 Å². The molecule has 6 nitrogen and oxygen atoms in total. The number of carbonyl (C=O) groups is 1. The van der Waals surface area contributed by atoms with Crippen molar-refractivity contribution < 1.29 is 9.90 Å². The van der Waals surface area contributed by atoms with Crippen LogP contribution in [0.25, 0.3) is 11.0 Å². The van der Waals surface area contributed by atoms with Crippen LogP contribution in [0.1, 0.15) is 35.6 Å². The van der Waals surface area contributed by atoms with Gasteiger partial charge in [-0.05, 0) is 24.6 Å². The van der Waals surface area contributed by atoms with Crippen LogP contribution < -0.4 is 0 Å². The maximum absolute atomic E-state index is 12.9. The number of carbonyl (C=O) groups excluding carboxylic acids is 1. The van der Waals surface area contributed by atoms with E-state index in [2.05, 4.69) is 15.0 Å². The van der Waals surface area contributed by atoms with Crippen LogP contribution >= 0.6 is 23.2 Å². The van der Waals surface area contributed by atoms with E-state index >= 15 is 0 Å². The summed E-state index contributed by atoms with van der Waals surface area (Å²) in [5, 5.41) is 11.2. The summed E-state index contributed by atoms with van der Waals surface area (Å²) in [7, 11) is 0. The highest BCUT2D eigenvalue weighted by molar-refractivity contribution is 6.42. The fourth-order valence-corrected chi connectivity index (χ4v) is 3.01. The fourth-order valence-electron chi connectivity index (χ4n) is 2.69. The fraction of sp³-hybridized carbons (Fsp3) is 0.278. The van der Waals surface area contributed by atoms with E-state index in [1.807, 2.05) is 6.92 Å². The molecule has 1 atom stereocenters. The van der Waals surface area contributed by atoms with E-state index in [-0.39, 0.29) is 18.3 Å². The molecule has 2 aromatic heterocycles. The second-order valence-electron chi connectivity index (χ2n) is 5.92. The number of hydrogen-bond donors (Lipinski definition) is 2. The molecular formula is C18H18Cl2N4O2. The molecule has 136 valence electrons. The van der Waals surface area contributed by atoms with Crippen LogP contribution in [0, 0.1) is 0 Å². The van der Waals surface area contributed by atoms with E-state index < -0.39 is 6.10 Å². The van der Waals surface area contributed by atoms with Gasteiger partial charge < -0.3 is 15.0 Å². The number of nitrogens with one attached hydrogen (secondary N) is 1. The van der Waals surface area contributed by atoms with Gasteiger partial charge in [0.25, 0.3) is 5.91 Å². The van der Waals surface area contributed by atoms with Gasteiger partial charge >= 0.3 is 0 Å². The molecule has 0 aliphatic carbocycles. The van der Waals surface area contributed by atoms with Crippen LogP contribution in [0.4, 0.5) is 0 Å². The van der Waals surface area contributed by atoms with Gasteiger partial charge in [0, 0.05) is 24.5 Å². The topological polar surface area (TPSA) is 82.1 Å². The number of H-pyrrole nitrogens is 1. The van der Waals surface area contributed by atoms with Crippen LogP contribution in [0.5, 0.6) is 0 Å². The summed E-state index contributed by atoms with van der Waals surface area (Å²) in [6, 6.07) is 6.77. The van der Waals surface area contributed by atoms with Gasteiger partial charge in [0.15, 0.2) is 5.82 Å². The zero-order valence-corrected chi connectivity index (χ0v) is 15.6. The first-order valence-corrected chi connectivity index (χ1v) is 8.97. The van der Waals surface area contributed by atoms with E-state index in [0.29, 0.717) is 33.2 Å². The normalized spacial score (nSPS) is 12.3. The van der Waals surface area contributed by atoms with Gasteiger partial charge in [0.2, 0.25) is 0 Å². The lowest BCUT2D eigenvalue weighted by Crippen LogP contribution is -2.36. The van der Waals surface area contributed by atoms with Crippen LogP contribution in [0.15, 0.2) is 36.7 Å². The third-order valence-electron chi connectivity index (χ3n) is 3.97. The van der Waals surface area contributed by atoms with Gasteiger partial charge in [-0.15, -0.1) is 0 Å². The maximum Gasteiger partial charge on any atom is 0.289 e. The standard InChI is InChI=1S/C18H18Cl2N4O2/c1-2-6-24(10-16(25)11-4-3-5-21-9-11)18(26)17-22-14-7-12(19)13(20)8-15(14)23-17/h3-5,7-9,16,25H,2,6,10H2,1H3,(H,22,23)/t16-/m1/s1. The Labute approximate surface area is 160 Å². The van der Waals surface area contributed by atoms with Gasteiger partial charge in [-0.25, -0.2) is 4.98 Å². The highest BCUT2D eigenvalue weighted by Gasteiger charge is 2.22. The molecule has 0 saturated heterocycles. The van der Waals surface area contributed by atoms with Crippen molar-refractivity contribution in [2.75, 3.05) is 13.1 Å². The smallest absolute Gasteiger partial charge is 0.289 e. The van der Waals surface area contributed by atoms with E-state index in [9.17, 15) is 9.90 Å². The maximum atomic E-state index is 12.9. The SMILES string of the molecule is CCCN(C[C@@H](O)c1cccnc1)C(=O)c1nc2cc(Cl)c(Cl)cc2[nH]1. The third kappa shape index (κ3) is 3.98. The summed E-state index contributed by atoms with van der Waals surface area (Å²) in [6.07, 6.45) is 3.15. The van der Waals surface area contributed by atoms with Gasteiger partial charge in [-0.2, -0.15) is 0 Å². The first-order chi connectivity index (χ1) is 12.5. The number of amides is 1. The minimum absolute atomic E-state index is 0.150. The first kappa shape index (κ1) is 18.6. The number of halogens is 2. The number of imidazole rings is 1. The zero-order valence-electron chi connectivity index (χ0n) is 14.1. The highest BCUT2D eigenvalue weighted by Crippen LogP contribution is 2.27. The lowest BCUT2D eigenvalue weighted by atomic mass is 10.1. The molecule has 0 fully saturated rings. The number of hydrogen-bond acceptors (Lipinski definition) is 4. The minimum atomic E-state index is -0.826. The molecule has 3 aromatic rings. The molecule has 8 heteroatoms. The summed E-state index contributed by atoms with van der Waals surface area (Å²) >= 11 is 12.0. The summed E-state index contributed by atoms with van der Waals surface area (Å²) in [5.74, 6) is -0.108. The van der Waals surface area contributed by atoms with Crippen molar-refractivity contribution in [3.05, 3.63) is 58.1 Å². The highest BCUT2D eigenvalue weighted by atomic mass is 35.5. The summed E-state index contributed by atoms with van der Waals surface area (Å²) in [4.78, 5) is 25.7. The molecule has 3 rings (SSSR count). The van der Waals surface area contributed by atoms with Crippen molar-refractivity contribution in [2.45, 2.75) is 19.4 Å². The van der Waals surface area contributed by atoms with Gasteiger partial charge in [0.1, 0.15) is 0 Å². The lowest BCUT2D eigenvalue weighted by molar-refractivity contribution is 0.0611. The number of aliphatic hydroxyl groups is 1. The molecule has 0 radical (unpaired) electrons. The van der Waals surface area contributed by atoms with Crippen LogP contribution in [0.2, 0.25) is 10.0 Å². The predicted octanol–water partition coefficient (Wildman–Crippen LogP) is 3.85. The molecule has 2 heterocycles. The number of benzene rings is 1. The molecule has 1 amide bonds. The van der Waals surface area contributed by atoms with E-state index in [1.54, 1.807) is 41.6 Å². The second kappa shape index (κ2) is 8.03. The average Bonchev–Trinajstić information content (AvgIpc) is 3.04. The number of aromatic amines is 1. The monoisotopic (exact) mass is 392 g/mol. The predicted molar refractivity (Wildman–Crippen MR) is 102 cm³/mol. The molecule has 26 heavy (non-hydrogen) atoms. The molecule has 0 aliphatic heterocycles. The molecule has 2 N–H and O–H groups in total. The Hall–Kier alpha value is -2.15. The number of aromatic nitrogens is 3. The molecule has 0 unspecified atom stereocenters. The molecule has 1 aromatic carbocycles.